The molecular formula is C14H20ClN3O. The van der Waals surface area contributed by atoms with Crippen LogP contribution in [0.25, 0.3) is 0 Å². The molecule has 1 heterocycles. The largest absolute Gasteiger partial charge is 0.384 e. The molecule has 1 saturated heterocycles. The zero-order chi connectivity index (χ0) is 13.7. The molecule has 1 amide bonds. The number of primary amides is 1. The summed E-state index contributed by atoms with van der Waals surface area (Å²) in [5.41, 5.74) is 6.50. The maximum atomic E-state index is 11.0. The fourth-order valence-electron chi connectivity index (χ4n) is 2.39. The predicted molar refractivity (Wildman–Crippen MR) is 78.7 cm³/mol. The van der Waals surface area contributed by atoms with Crippen molar-refractivity contribution >= 4 is 23.2 Å². The molecule has 1 aliphatic rings. The lowest BCUT2D eigenvalue weighted by atomic mass is 9.96. The normalized spacial score (nSPS) is 19.1. The van der Waals surface area contributed by atoms with Gasteiger partial charge in [0.15, 0.2) is 0 Å². The van der Waals surface area contributed by atoms with E-state index in [0.29, 0.717) is 10.6 Å². The first-order chi connectivity index (χ1) is 9.16. The van der Waals surface area contributed by atoms with Gasteiger partial charge in [0, 0.05) is 12.1 Å². The molecule has 1 aromatic carbocycles. The molecule has 5 heteroatoms. The summed E-state index contributed by atoms with van der Waals surface area (Å²) >= 11 is 6.11. The molecular weight excluding hydrogens is 262 g/mol. The maximum absolute atomic E-state index is 11.0. The van der Waals surface area contributed by atoms with Gasteiger partial charge in [-0.05, 0) is 56.5 Å². The number of piperidine rings is 1. The van der Waals surface area contributed by atoms with Crippen molar-refractivity contribution in [2.24, 2.45) is 11.7 Å². The second-order valence-corrected chi connectivity index (χ2v) is 5.39. The number of rotatable bonds is 5. The van der Waals surface area contributed by atoms with Crippen LogP contribution >= 0.6 is 11.6 Å². The molecule has 4 N–H and O–H groups in total. The van der Waals surface area contributed by atoms with Gasteiger partial charge >= 0.3 is 0 Å². The molecule has 0 aromatic heterocycles. The highest BCUT2D eigenvalue weighted by atomic mass is 35.5. The van der Waals surface area contributed by atoms with Crippen LogP contribution in [0.2, 0.25) is 5.02 Å². The first-order valence-electron chi connectivity index (χ1n) is 6.71. The number of hydrogen-bond donors (Lipinski definition) is 3. The summed E-state index contributed by atoms with van der Waals surface area (Å²) in [6, 6.07) is 5.11. The Morgan fingerprint density at radius 3 is 3.00 bits per heavy atom. The van der Waals surface area contributed by atoms with Crippen LogP contribution in [-0.4, -0.2) is 25.5 Å². The van der Waals surface area contributed by atoms with Crippen molar-refractivity contribution in [1.29, 1.82) is 0 Å². The van der Waals surface area contributed by atoms with E-state index in [9.17, 15) is 4.79 Å². The number of halogens is 1. The maximum Gasteiger partial charge on any atom is 0.248 e. The van der Waals surface area contributed by atoms with Gasteiger partial charge in [0.2, 0.25) is 5.91 Å². The third-order valence-corrected chi connectivity index (χ3v) is 3.83. The number of amides is 1. The summed E-state index contributed by atoms with van der Waals surface area (Å²) in [4.78, 5) is 11.0. The van der Waals surface area contributed by atoms with Crippen LogP contribution in [-0.2, 0) is 0 Å². The van der Waals surface area contributed by atoms with E-state index in [2.05, 4.69) is 10.6 Å². The number of anilines is 1. The summed E-state index contributed by atoms with van der Waals surface area (Å²) in [5, 5.41) is 7.26. The number of nitrogens with one attached hydrogen (secondary N) is 2. The third kappa shape index (κ3) is 4.11. The van der Waals surface area contributed by atoms with Crippen molar-refractivity contribution in [1.82, 2.24) is 5.32 Å². The molecule has 0 saturated carbocycles. The van der Waals surface area contributed by atoms with Gasteiger partial charge in [-0.1, -0.05) is 11.6 Å². The lowest BCUT2D eigenvalue weighted by Gasteiger charge is -2.23. The van der Waals surface area contributed by atoms with E-state index in [-0.39, 0.29) is 0 Å². The van der Waals surface area contributed by atoms with Crippen LogP contribution in [0.4, 0.5) is 5.69 Å². The van der Waals surface area contributed by atoms with Gasteiger partial charge in [0.1, 0.15) is 0 Å². The molecule has 1 aromatic rings. The summed E-state index contributed by atoms with van der Waals surface area (Å²) in [5.74, 6) is 0.284. The Kier molecular flexibility index (Phi) is 5.05. The molecule has 4 nitrogen and oxygen atoms in total. The van der Waals surface area contributed by atoms with Gasteiger partial charge < -0.3 is 16.4 Å². The lowest BCUT2D eigenvalue weighted by Crippen LogP contribution is -2.30. The van der Waals surface area contributed by atoms with E-state index in [0.717, 1.165) is 37.7 Å². The van der Waals surface area contributed by atoms with Crippen LogP contribution < -0.4 is 16.4 Å². The van der Waals surface area contributed by atoms with Crippen LogP contribution in [0.15, 0.2) is 18.2 Å². The highest BCUT2D eigenvalue weighted by molar-refractivity contribution is 6.33. The van der Waals surface area contributed by atoms with Crippen LogP contribution in [0.5, 0.6) is 0 Å². The molecule has 1 unspecified atom stereocenters. The van der Waals surface area contributed by atoms with Gasteiger partial charge in [-0.2, -0.15) is 0 Å². The quantitative estimate of drug-likeness (QED) is 0.775. The standard InChI is InChI=1S/C14H20ClN3O/c15-12-8-11(14(16)19)3-4-13(12)18-7-5-10-2-1-6-17-9-10/h3-4,8,10,17-18H,1-2,5-7,9H2,(H2,16,19). The van der Waals surface area contributed by atoms with E-state index in [1.165, 1.54) is 12.8 Å². The smallest absolute Gasteiger partial charge is 0.248 e. The Labute approximate surface area is 118 Å². The lowest BCUT2D eigenvalue weighted by molar-refractivity contribution is 0.100. The Bertz CT molecular complexity index is 444. The first-order valence-corrected chi connectivity index (χ1v) is 7.08. The van der Waals surface area contributed by atoms with Crippen molar-refractivity contribution in [2.45, 2.75) is 19.3 Å². The van der Waals surface area contributed by atoms with E-state index in [1.807, 2.05) is 6.07 Å². The fraction of sp³-hybridized carbons (Fsp3) is 0.500. The third-order valence-electron chi connectivity index (χ3n) is 3.52. The minimum atomic E-state index is -0.457. The van der Waals surface area contributed by atoms with Crippen LogP contribution in [0.3, 0.4) is 0 Å². The molecule has 2 rings (SSSR count). The zero-order valence-electron chi connectivity index (χ0n) is 10.9. The van der Waals surface area contributed by atoms with Crippen LogP contribution in [0, 0.1) is 5.92 Å². The van der Waals surface area contributed by atoms with Crippen molar-refractivity contribution in [3.63, 3.8) is 0 Å². The molecule has 1 fully saturated rings. The highest BCUT2D eigenvalue weighted by Gasteiger charge is 2.12. The molecule has 0 spiro atoms. The Hall–Kier alpha value is -1.26. The molecule has 19 heavy (non-hydrogen) atoms. The fourth-order valence-corrected chi connectivity index (χ4v) is 2.64. The van der Waals surface area contributed by atoms with E-state index < -0.39 is 5.91 Å². The minimum Gasteiger partial charge on any atom is -0.384 e. The van der Waals surface area contributed by atoms with E-state index in [4.69, 9.17) is 17.3 Å². The van der Waals surface area contributed by atoms with Crippen molar-refractivity contribution in [3.8, 4) is 0 Å². The summed E-state index contributed by atoms with van der Waals surface area (Å²) in [7, 11) is 0. The topological polar surface area (TPSA) is 67.2 Å². The molecule has 0 radical (unpaired) electrons. The second-order valence-electron chi connectivity index (χ2n) is 4.99. The Morgan fingerprint density at radius 1 is 1.53 bits per heavy atom. The number of carbonyl (C=O) groups excluding carboxylic acids is 1. The second kappa shape index (κ2) is 6.78. The van der Waals surface area contributed by atoms with Crippen LogP contribution in [0.1, 0.15) is 29.6 Å². The van der Waals surface area contributed by atoms with Crippen molar-refractivity contribution in [3.05, 3.63) is 28.8 Å². The minimum absolute atomic E-state index is 0.437. The van der Waals surface area contributed by atoms with Gasteiger partial charge in [0.05, 0.1) is 10.7 Å². The monoisotopic (exact) mass is 281 g/mol. The predicted octanol–water partition coefficient (Wildman–Crippen LogP) is 2.24. The number of benzene rings is 1. The molecule has 1 atom stereocenters. The summed E-state index contributed by atoms with van der Waals surface area (Å²) < 4.78 is 0. The molecule has 0 bridgehead atoms. The molecule has 104 valence electrons. The summed E-state index contributed by atoms with van der Waals surface area (Å²) in [6.45, 7) is 3.14. The summed E-state index contributed by atoms with van der Waals surface area (Å²) in [6.07, 6.45) is 3.68. The average Bonchev–Trinajstić information content (AvgIpc) is 2.41. The van der Waals surface area contributed by atoms with E-state index >= 15 is 0 Å². The highest BCUT2D eigenvalue weighted by Crippen LogP contribution is 2.23. The average molecular weight is 282 g/mol. The molecule has 1 aliphatic heterocycles. The first kappa shape index (κ1) is 14.2. The SMILES string of the molecule is NC(=O)c1ccc(NCCC2CCCNC2)c(Cl)c1. The number of carbonyl (C=O) groups is 1. The van der Waals surface area contributed by atoms with E-state index in [1.54, 1.807) is 12.1 Å². The van der Waals surface area contributed by atoms with Gasteiger partial charge in [0.25, 0.3) is 0 Å². The number of hydrogen-bond acceptors (Lipinski definition) is 3. The zero-order valence-corrected chi connectivity index (χ0v) is 11.7. The Morgan fingerprint density at radius 2 is 2.37 bits per heavy atom. The van der Waals surface area contributed by atoms with Crippen molar-refractivity contribution in [2.75, 3.05) is 25.0 Å². The number of nitrogens with two attached hydrogens (primary N) is 1. The van der Waals surface area contributed by atoms with Gasteiger partial charge in [-0.3, -0.25) is 4.79 Å². The Balaban J connectivity index is 1.83. The van der Waals surface area contributed by atoms with Gasteiger partial charge in [-0.25, -0.2) is 0 Å². The van der Waals surface area contributed by atoms with Gasteiger partial charge in [-0.15, -0.1) is 0 Å². The van der Waals surface area contributed by atoms with Crippen molar-refractivity contribution < 1.29 is 4.79 Å². The molecule has 0 aliphatic carbocycles.